The average molecular weight is 335 g/mol. The van der Waals surface area contributed by atoms with Crippen LogP contribution in [-0.2, 0) is 14.3 Å². The number of amides is 3. The van der Waals surface area contributed by atoms with E-state index in [4.69, 9.17) is 9.47 Å². The van der Waals surface area contributed by atoms with Crippen molar-refractivity contribution in [2.75, 3.05) is 32.1 Å². The molecule has 1 atom stereocenters. The van der Waals surface area contributed by atoms with Crippen LogP contribution in [-0.4, -0.2) is 55.7 Å². The molecule has 2 rings (SSSR count). The van der Waals surface area contributed by atoms with E-state index >= 15 is 0 Å². The van der Waals surface area contributed by atoms with Crippen LogP contribution in [0.1, 0.15) is 13.3 Å². The molecule has 0 saturated carbocycles. The van der Waals surface area contributed by atoms with Gasteiger partial charge in [-0.05, 0) is 31.2 Å². The van der Waals surface area contributed by atoms with Crippen molar-refractivity contribution in [2.24, 2.45) is 0 Å². The number of anilines is 1. The predicted octanol–water partition coefficient (Wildman–Crippen LogP) is 0.981. The van der Waals surface area contributed by atoms with Gasteiger partial charge in [0.25, 0.3) is 0 Å². The number of piperazine rings is 1. The van der Waals surface area contributed by atoms with Gasteiger partial charge in [0, 0.05) is 18.8 Å². The number of methoxy groups -OCH3 is 1. The lowest BCUT2D eigenvalue weighted by atomic mass is 10.1. The molecule has 3 amide bonds. The molecule has 1 heterocycles. The van der Waals surface area contributed by atoms with Gasteiger partial charge in [-0.25, -0.2) is 4.79 Å². The number of hydrogen-bond acceptors (Lipinski definition) is 5. The highest BCUT2D eigenvalue weighted by Crippen LogP contribution is 2.17. The fraction of sp³-hybridized carbons (Fsp3) is 0.438. The Morgan fingerprint density at radius 1 is 1.33 bits per heavy atom. The van der Waals surface area contributed by atoms with Gasteiger partial charge in [0.2, 0.25) is 5.91 Å². The summed E-state index contributed by atoms with van der Waals surface area (Å²) in [4.78, 5) is 37.5. The molecule has 130 valence electrons. The van der Waals surface area contributed by atoms with E-state index in [9.17, 15) is 14.4 Å². The minimum absolute atomic E-state index is 0.171. The lowest BCUT2D eigenvalue weighted by molar-refractivity contribution is -0.147. The Morgan fingerprint density at radius 3 is 2.67 bits per heavy atom. The lowest BCUT2D eigenvalue weighted by Crippen LogP contribution is -2.58. The van der Waals surface area contributed by atoms with E-state index in [1.165, 1.54) is 4.90 Å². The summed E-state index contributed by atoms with van der Waals surface area (Å²) >= 11 is 0. The number of rotatable bonds is 5. The summed E-state index contributed by atoms with van der Waals surface area (Å²) < 4.78 is 9.93. The number of urea groups is 1. The summed E-state index contributed by atoms with van der Waals surface area (Å²) in [5.41, 5.74) is 0.571. The first-order valence-electron chi connectivity index (χ1n) is 7.70. The number of nitrogens with zero attached hydrogens (tertiary/aromatic N) is 1. The molecular weight excluding hydrogens is 314 g/mol. The van der Waals surface area contributed by atoms with Crippen molar-refractivity contribution in [1.82, 2.24) is 10.2 Å². The predicted molar refractivity (Wildman–Crippen MR) is 86.8 cm³/mol. The highest BCUT2D eigenvalue weighted by molar-refractivity contribution is 5.96. The van der Waals surface area contributed by atoms with Gasteiger partial charge in [-0.15, -0.1) is 0 Å². The Morgan fingerprint density at radius 2 is 2.04 bits per heavy atom. The van der Waals surface area contributed by atoms with E-state index in [0.717, 1.165) is 0 Å². The van der Waals surface area contributed by atoms with Gasteiger partial charge in [-0.3, -0.25) is 9.59 Å². The van der Waals surface area contributed by atoms with Crippen LogP contribution in [0.25, 0.3) is 0 Å². The topological polar surface area (TPSA) is 97.0 Å². The van der Waals surface area contributed by atoms with Crippen molar-refractivity contribution in [2.45, 2.75) is 19.4 Å². The second-order valence-corrected chi connectivity index (χ2v) is 5.17. The van der Waals surface area contributed by atoms with Gasteiger partial charge in [-0.2, -0.15) is 0 Å². The van der Waals surface area contributed by atoms with E-state index in [0.29, 0.717) is 24.5 Å². The fourth-order valence-electron chi connectivity index (χ4n) is 2.41. The third-order valence-corrected chi connectivity index (χ3v) is 3.60. The molecule has 1 aromatic carbocycles. The van der Waals surface area contributed by atoms with E-state index in [-0.39, 0.29) is 18.9 Å². The van der Waals surface area contributed by atoms with Crippen molar-refractivity contribution in [3.63, 3.8) is 0 Å². The van der Waals surface area contributed by atoms with Crippen LogP contribution in [0.5, 0.6) is 5.75 Å². The maximum Gasteiger partial charge on any atom is 0.322 e. The summed E-state index contributed by atoms with van der Waals surface area (Å²) in [6.07, 6.45) is -0.171. The first-order valence-corrected chi connectivity index (χ1v) is 7.70. The number of carbonyl (C=O) groups excluding carboxylic acids is 3. The number of carbonyl (C=O) groups is 3. The fourth-order valence-corrected chi connectivity index (χ4v) is 2.41. The molecule has 0 unspecified atom stereocenters. The van der Waals surface area contributed by atoms with Crippen molar-refractivity contribution in [3.05, 3.63) is 24.3 Å². The maximum absolute atomic E-state index is 12.5. The third-order valence-electron chi connectivity index (χ3n) is 3.60. The zero-order valence-electron chi connectivity index (χ0n) is 13.7. The molecule has 1 aliphatic rings. The SMILES string of the molecule is CCOC(=O)C[C@@H]1C(=O)NCCN1C(=O)Nc1ccc(OC)cc1. The second kappa shape index (κ2) is 8.19. The minimum atomic E-state index is -0.879. The van der Waals surface area contributed by atoms with Gasteiger partial charge in [0.1, 0.15) is 11.8 Å². The first kappa shape index (κ1) is 17.6. The van der Waals surface area contributed by atoms with Crippen molar-refractivity contribution in [3.8, 4) is 5.75 Å². The molecule has 0 bridgehead atoms. The van der Waals surface area contributed by atoms with Crippen LogP contribution in [0, 0.1) is 0 Å². The Bertz CT molecular complexity index is 602. The molecule has 8 heteroatoms. The molecule has 2 N–H and O–H groups in total. The van der Waals surface area contributed by atoms with Crippen LogP contribution < -0.4 is 15.4 Å². The van der Waals surface area contributed by atoms with Crippen LogP contribution in [0.4, 0.5) is 10.5 Å². The van der Waals surface area contributed by atoms with Crippen LogP contribution in [0.2, 0.25) is 0 Å². The minimum Gasteiger partial charge on any atom is -0.497 e. The number of esters is 1. The zero-order valence-corrected chi connectivity index (χ0v) is 13.7. The molecule has 8 nitrogen and oxygen atoms in total. The Balaban J connectivity index is 2.05. The summed E-state index contributed by atoms with van der Waals surface area (Å²) in [5.74, 6) is -0.202. The third kappa shape index (κ3) is 4.37. The van der Waals surface area contributed by atoms with E-state index < -0.39 is 18.0 Å². The number of hydrogen-bond donors (Lipinski definition) is 2. The van der Waals surface area contributed by atoms with Crippen molar-refractivity contribution in [1.29, 1.82) is 0 Å². The summed E-state index contributed by atoms with van der Waals surface area (Å²) in [5, 5.41) is 5.38. The van der Waals surface area contributed by atoms with E-state index in [1.807, 2.05) is 0 Å². The second-order valence-electron chi connectivity index (χ2n) is 5.17. The van der Waals surface area contributed by atoms with Gasteiger partial charge in [-0.1, -0.05) is 0 Å². The summed E-state index contributed by atoms with van der Waals surface area (Å²) in [6.45, 7) is 2.57. The molecular formula is C16H21N3O5. The number of nitrogens with one attached hydrogen (secondary N) is 2. The highest BCUT2D eigenvalue weighted by Gasteiger charge is 2.35. The maximum atomic E-state index is 12.5. The van der Waals surface area contributed by atoms with E-state index in [2.05, 4.69) is 10.6 Å². The first-order chi connectivity index (χ1) is 11.5. The molecule has 1 fully saturated rings. The molecule has 1 aromatic rings. The van der Waals surface area contributed by atoms with Crippen molar-refractivity contribution >= 4 is 23.6 Å². The summed E-state index contributed by atoms with van der Waals surface area (Å²) in [7, 11) is 1.56. The molecule has 1 saturated heterocycles. The molecule has 0 aromatic heterocycles. The smallest absolute Gasteiger partial charge is 0.322 e. The molecule has 0 radical (unpaired) electrons. The molecule has 24 heavy (non-hydrogen) atoms. The largest absolute Gasteiger partial charge is 0.497 e. The van der Waals surface area contributed by atoms with Crippen LogP contribution >= 0.6 is 0 Å². The lowest BCUT2D eigenvalue weighted by Gasteiger charge is -2.34. The standard InChI is InChI=1S/C16H21N3O5/c1-3-24-14(20)10-13-15(21)17-8-9-19(13)16(22)18-11-4-6-12(23-2)7-5-11/h4-7,13H,3,8-10H2,1-2H3,(H,17,21)(H,18,22)/t13-/m1/s1. The van der Waals surface area contributed by atoms with Gasteiger partial charge >= 0.3 is 12.0 Å². The highest BCUT2D eigenvalue weighted by atomic mass is 16.5. The quantitative estimate of drug-likeness (QED) is 0.782. The molecule has 0 aliphatic carbocycles. The van der Waals surface area contributed by atoms with Gasteiger partial charge in [0.15, 0.2) is 0 Å². The number of ether oxygens (including phenoxy) is 2. The number of benzene rings is 1. The normalized spacial score (nSPS) is 17.0. The average Bonchev–Trinajstić information content (AvgIpc) is 2.57. The van der Waals surface area contributed by atoms with Crippen LogP contribution in [0.3, 0.4) is 0 Å². The molecule has 0 spiro atoms. The summed E-state index contributed by atoms with van der Waals surface area (Å²) in [6, 6.07) is 5.51. The van der Waals surface area contributed by atoms with Gasteiger partial charge < -0.3 is 25.0 Å². The van der Waals surface area contributed by atoms with Gasteiger partial charge in [0.05, 0.1) is 20.1 Å². The Hall–Kier alpha value is -2.77. The Kier molecular flexibility index (Phi) is 6.00. The zero-order chi connectivity index (χ0) is 17.5. The van der Waals surface area contributed by atoms with Crippen molar-refractivity contribution < 1.29 is 23.9 Å². The van der Waals surface area contributed by atoms with E-state index in [1.54, 1.807) is 38.3 Å². The monoisotopic (exact) mass is 335 g/mol. The Labute approximate surface area is 140 Å². The molecule has 1 aliphatic heterocycles. The van der Waals surface area contributed by atoms with Crippen LogP contribution in [0.15, 0.2) is 24.3 Å².